The Balaban J connectivity index is 2.16. The first-order chi connectivity index (χ1) is 8.52. The zero-order valence-electron chi connectivity index (χ0n) is 12.3. The molecule has 1 aliphatic heterocycles. The summed E-state index contributed by atoms with van der Waals surface area (Å²) in [6, 6.07) is 4.20. The third-order valence-corrected chi connectivity index (χ3v) is 5.20. The molecule has 3 unspecified atom stereocenters. The molecule has 1 saturated heterocycles. The van der Waals surface area contributed by atoms with Gasteiger partial charge in [0.1, 0.15) is 0 Å². The summed E-state index contributed by atoms with van der Waals surface area (Å²) >= 11 is 1.93. The van der Waals surface area contributed by atoms with Crippen LogP contribution < -0.4 is 5.32 Å². The van der Waals surface area contributed by atoms with Crippen molar-refractivity contribution < 1.29 is 0 Å². The average molecular weight is 266 g/mol. The summed E-state index contributed by atoms with van der Waals surface area (Å²) < 4.78 is 0. The summed E-state index contributed by atoms with van der Waals surface area (Å²) in [5.74, 6) is 0. The van der Waals surface area contributed by atoms with Crippen LogP contribution in [0.3, 0.4) is 0 Å². The van der Waals surface area contributed by atoms with E-state index in [2.05, 4.69) is 50.9 Å². The van der Waals surface area contributed by atoms with E-state index in [1.807, 2.05) is 11.3 Å². The highest BCUT2D eigenvalue weighted by Crippen LogP contribution is 2.31. The molecule has 1 N–H and O–H groups in total. The topological polar surface area (TPSA) is 15.3 Å². The maximum Gasteiger partial charge on any atom is 0.0334 e. The van der Waals surface area contributed by atoms with Crippen LogP contribution in [0.25, 0.3) is 0 Å². The van der Waals surface area contributed by atoms with Gasteiger partial charge in [-0.15, -0.1) is 11.3 Å². The first kappa shape index (κ1) is 14.0. The van der Waals surface area contributed by atoms with Gasteiger partial charge in [0, 0.05) is 41.0 Å². The summed E-state index contributed by atoms with van der Waals surface area (Å²) in [6.07, 6.45) is 1.22. The first-order valence-corrected chi connectivity index (χ1v) is 7.90. The second-order valence-corrected chi connectivity index (χ2v) is 7.06. The number of rotatable bonds is 3. The van der Waals surface area contributed by atoms with E-state index in [1.165, 1.54) is 28.3 Å². The number of piperazine rings is 1. The third-order valence-electron chi connectivity index (χ3n) is 4.22. The van der Waals surface area contributed by atoms with E-state index in [1.54, 1.807) is 0 Å². The molecule has 0 saturated carbocycles. The van der Waals surface area contributed by atoms with Gasteiger partial charge in [0.2, 0.25) is 0 Å². The van der Waals surface area contributed by atoms with Gasteiger partial charge in [-0.1, -0.05) is 6.92 Å². The van der Waals surface area contributed by atoms with E-state index in [9.17, 15) is 0 Å². The summed E-state index contributed by atoms with van der Waals surface area (Å²) in [6.45, 7) is 13.7. The Morgan fingerprint density at radius 2 is 2.22 bits per heavy atom. The fourth-order valence-corrected chi connectivity index (χ4v) is 4.03. The SMILES string of the molecule is CCC1CN(C(C)c2cc(C)sc2C)C(C)CN1. The van der Waals surface area contributed by atoms with Crippen molar-refractivity contribution in [1.82, 2.24) is 10.2 Å². The minimum atomic E-state index is 0.543. The number of nitrogens with one attached hydrogen (secondary N) is 1. The monoisotopic (exact) mass is 266 g/mol. The minimum Gasteiger partial charge on any atom is -0.311 e. The van der Waals surface area contributed by atoms with Crippen molar-refractivity contribution in [3.05, 3.63) is 21.4 Å². The Morgan fingerprint density at radius 3 is 2.78 bits per heavy atom. The molecule has 102 valence electrons. The molecule has 18 heavy (non-hydrogen) atoms. The Hall–Kier alpha value is -0.380. The summed E-state index contributed by atoms with van der Waals surface area (Å²) in [5.41, 5.74) is 1.53. The molecule has 2 nitrogen and oxygen atoms in total. The lowest BCUT2D eigenvalue weighted by Crippen LogP contribution is -2.55. The summed E-state index contributed by atoms with van der Waals surface area (Å²) in [5, 5.41) is 3.64. The lowest BCUT2D eigenvalue weighted by Gasteiger charge is -2.42. The maximum atomic E-state index is 3.64. The van der Waals surface area contributed by atoms with Crippen LogP contribution in [0.2, 0.25) is 0 Å². The van der Waals surface area contributed by atoms with Crippen LogP contribution in [-0.2, 0) is 0 Å². The lowest BCUT2D eigenvalue weighted by molar-refractivity contribution is 0.0974. The third kappa shape index (κ3) is 2.79. The number of aryl methyl sites for hydroxylation is 2. The van der Waals surface area contributed by atoms with Crippen molar-refractivity contribution in [3.8, 4) is 0 Å². The normalized spacial score (nSPS) is 27.4. The van der Waals surface area contributed by atoms with Gasteiger partial charge in [-0.3, -0.25) is 4.90 Å². The predicted octanol–water partition coefficient (Wildman–Crippen LogP) is 3.50. The Morgan fingerprint density at radius 1 is 1.50 bits per heavy atom. The molecular formula is C15H26N2S. The van der Waals surface area contributed by atoms with Gasteiger partial charge >= 0.3 is 0 Å². The molecule has 3 atom stereocenters. The number of hydrogen-bond acceptors (Lipinski definition) is 3. The van der Waals surface area contributed by atoms with Crippen LogP contribution in [0.4, 0.5) is 0 Å². The van der Waals surface area contributed by atoms with Crippen LogP contribution in [0, 0.1) is 13.8 Å². The van der Waals surface area contributed by atoms with E-state index in [-0.39, 0.29) is 0 Å². The molecule has 1 aliphatic rings. The molecule has 0 aromatic carbocycles. The Bertz CT molecular complexity index is 399. The van der Waals surface area contributed by atoms with Gasteiger partial charge in [-0.05, 0) is 45.7 Å². The first-order valence-electron chi connectivity index (χ1n) is 7.09. The second-order valence-electron chi connectivity index (χ2n) is 5.60. The van der Waals surface area contributed by atoms with Crippen LogP contribution in [0.1, 0.15) is 48.6 Å². The van der Waals surface area contributed by atoms with E-state index in [4.69, 9.17) is 0 Å². The van der Waals surface area contributed by atoms with Crippen molar-refractivity contribution in [2.45, 2.75) is 59.2 Å². The van der Waals surface area contributed by atoms with Gasteiger partial charge in [0.25, 0.3) is 0 Å². The predicted molar refractivity (Wildman–Crippen MR) is 80.5 cm³/mol. The van der Waals surface area contributed by atoms with Crippen LogP contribution >= 0.6 is 11.3 Å². The average Bonchev–Trinajstić information content (AvgIpc) is 2.68. The van der Waals surface area contributed by atoms with Crippen LogP contribution in [-0.4, -0.2) is 30.1 Å². The number of nitrogens with zero attached hydrogens (tertiary/aromatic N) is 1. The van der Waals surface area contributed by atoms with Crippen molar-refractivity contribution in [2.24, 2.45) is 0 Å². The Kier molecular flexibility index (Phi) is 4.46. The van der Waals surface area contributed by atoms with Crippen LogP contribution in [0.5, 0.6) is 0 Å². The maximum absolute atomic E-state index is 3.64. The zero-order valence-corrected chi connectivity index (χ0v) is 13.1. The highest BCUT2D eigenvalue weighted by molar-refractivity contribution is 7.12. The zero-order chi connectivity index (χ0) is 13.3. The Labute approximate surface area is 115 Å². The molecule has 2 rings (SSSR count). The number of thiophene rings is 1. The molecule has 0 spiro atoms. The molecule has 0 bridgehead atoms. The summed E-state index contributed by atoms with van der Waals surface area (Å²) in [4.78, 5) is 5.59. The van der Waals surface area contributed by atoms with Gasteiger partial charge in [-0.2, -0.15) is 0 Å². The van der Waals surface area contributed by atoms with E-state index < -0.39 is 0 Å². The molecular weight excluding hydrogens is 240 g/mol. The number of hydrogen-bond donors (Lipinski definition) is 1. The van der Waals surface area contributed by atoms with Gasteiger partial charge in [0.05, 0.1) is 0 Å². The molecule has 0 radical (unpaired) electrons. The van der Waals surface area contributed by atoms with Crippen molar-refractivity contribution >= 4 is 11.3 Å². The fourth-order valence-electron chi connectivity index (χ4n) is 3.01. The van der Waals surface area contributed by atoms with Crippen LogP contribution in [0.15, 0.2) is 6.07 Å². The molecule has 2 heterocycles. The second kappa shape index (κ2) is 5.72. The molecule has 1 aromatic heterocycles. The molecule has 3 heteroatoms. The van der Waals surface area contributed by atoms with Crippen molar-refractivity contribution in [1.29, 1.82) is 0 Å². The van der Waals surface area contributed by atoms with Gasteiger partial charge in [-0.25, -0.2) is 0 Å². The van der Waals surface area contributed by atoms with Crippen molar-refractivity contribution in [2.75, 3.05) is 13.1 Å². The summed E-state index contributed by atoms with van der Waals surface area (Å²) in [7, 11) is 0. The van der Waals surface area contributed by atoms with Gasteiger partial charge in [0.15, 0.2) is 0 Å². The standard InChI is InChI=1S/C15H26N2S/c1-6-14-9-17(10(2)8-16-14)12(4)15-7-11(3)18-13(15)5/h7,10,12,14,16H,6,8-9H2,1-5H3. The fraction of sp³-hybridized carbons (Fsp3) is 0.733. The van der Waals surface area contributed by atoms with E-state index in [0.29, 0.717) is 18.1 Å². The van der Waals surface area contributed by atoms with E-state index in [0.717, 1.165) is 6.54 Å². The largest absolute Gasteiger partial charge is 0.311 e. The molecule has 0 aliphatic carbocycles. The minimum absolute atomic E-state index is 0.543. The van der Waals surface area contributed by atoms with Gasteiger partial charge < -0.3 is 5.32 Å². The lowest BCUT2D eigenvalue weighted by atomic mass is 10.0. The highest BCUT2D eigenvalue weighted by Gasteiger charge is 2.29. The molecule has 1 aromatic rings. The highest BCUT2D eigenvalue weighted by atomic mass is 32.1. The molecule has 0 amide bonds. The quantitative estimate of drug-likeness (QED) is 0.901. The van der Waals surface area contributed by atoms with Crippen molar-refractivity contribution in [3.63, 3.8) is 0 Å². The smallest absolute Gasteiger partial charge is 0.0334 e. The van der Waals surface area contributed by atoms with E-state index >= 15 is 0 Å². The molecule has 1 fully saturated rings.